The molecule has 0 aliphatic carbocycles. The van der Waals surface area contributed by atoms with Gasteiger partial charge in [-0.3, -0.25) is 4.79 Å². The van der Waals surface area contributed by atoms with E-state index in [1.165, 1.54) is 0 Å². The molecule has 0 saturated carbocycles. The number of carbonyl (C=O) groups is 1. The fourth-order valence-corrected chi connectivity index (χ4v) is 4.43. The molecule has 1 heterocycles. The Kier molecular flexibility index (Phi) is 7.10. The molecule has 6 heteroatoms. The molecule has 0 atom stereocenters. The third-order valence-electron chi connectivity index (χ3n) is 5.63. The predicted octanol–water partition coefficient (Wildman–Crippen LogP) is 6.33. The molecule has 0 unspecified atom stereocenters. The number of nitrogen functional groups attached to an aromatic ring is 1. The van der Waals surface area contributed by atoms with Crippen molar-refractivity contribution < 1.29 is 9.53 Å². The van der Waals surface area contributed by atoms with Gasteiger partial charge in [0.1, 0.15) is 6.73 Å². The summed E-state index contributed by atoms with van der Waals surface area (Å²) >= 11 is 0. The maximum atomic E-state index is 13.1. The van der Waals surface area contributed by atoms with E-state index in [2.05, 4.69) is 31.8 Å². The van der Waals surface area contributed by atoms with E-state index in [-0.39, 0.29) is 5.78 Å². The molecule has 1 aromatic heterocycles. The first-order chi connectivity index (χ1) is 16.3. The van der Waals surface area contributed by atoms with E-state index in [4.69, 9.17) is 15.6 Å². The monoisotopic (exact) mass is 469 g/mol. The first kappa shape index (κ1) is 23.7. The zero-order valence-electron chi connectivity index (χ0n) is 20.0. The van der Waals surface area contributed by atoms with Crippen LogP contribution in [0.1, 0.15) is 27.2 Å². The molecule has 3 aromatic carbocycles. The Morgan fingerprint density at radius 2 is 1.74 bits per heavy atom. The lowest BCUT2D eigenvalue weighted by Crippen LogP contribution is -2.22. The summed E-state index contributed by atoms with van der Waals surface area (Å²) in [6, 6.07) is 24.0. The quantitative estimate of drug-likeness (QED) is 0.135. The highest BCUT2D eigenvalue weighted by atomic mass is 28.3. The molecule has 0 amide bonds. The molecule has 174 valence electrons. The first-order valence-corrected chi connectivity index (χ1v) is 15.2. The van der Waals surface area contributed by atoms with E-state index < -0.39 is 8.07 Å². The van der Waals surface area contributed by atoms with Gasteiger partial charge in [0.05, 0.1) is 11.2 Å². The normalized spacial score (nSPS) is 12.0. The Morgan fingerprint density at radius 3 is 2.47 bits per heavy atom. The fraction of sp³-hybridized carbons (Fsp3) is 0.214. The Balaban J connectivity index is 1.67. The first-order valence-electron chi connectivity index (χ1n) is 11.5. The van der Waals surface area contributed by atoms with Gasteiger partial charge in [-0.1, -0.05) is 74.2 Å². The van der Waals surface area contributed by atoms with Crippen LogP contribution in [-0.2, 0) is 11.5 Å². The topological polar surface area (TPSA) is 70.1 Å². The van der Waals surface area contributed by atoms with Crippen LogP contribution in [0.4, 0.5) is 5.69 Å². The van der Waals surface area contributed by atoms with Crippen LogP contribution < -0.4 is 5.73 Å². The molecule has 34 heavy (non-hydrogen) atoms. The summed E-state index contributed by atoms with van der Waals surface area (Å²) in [5.41, 5.74) is 10.4. The van der Waals surface area contributed by atoms with Crippen LogP contribution >= 0.6 is 0 Å². The van der Waals surface area contributed by atoms with Crippen molar-refractivity contribution in [3.8, 4) is 0 Å². The van der Waals surface area contributed by atoms with Gasteiger partial charge in [0, 0.05) is 36.9 Å². The number of fused-ring (bicyclic) bond motifs is 1. The maximum absolute atomic E-state index is 13.1. The summed E-state index contributed by atoms with van der Waals surface area (Å²) in [7, 11) is -1.18. The molecule has 0 spiro atoms. The van der Waals surface area contributed by atoms with Gasteiger partial charge in [-0.05, 0) is 41.9 Å². The molecule has 0 bridgehead atoms. The molecule has 4 aromatic rings. The van der Waals surface area contributed by atoms with Gasteiger partial charge in [-0.25, -0.2) is 4.68 Å². The standard InChI is InChI=1S/C28H31N3O2Si/c1-34(2,3)17-16-33-20-31-27-19-23(28(32)22-10-7-11-24(29)18-22)13-14-25(27)26(30-31)15-12-21-8-5-4-6-9-21/h4-15,18-19H,16-17,20,29H2,1-3H3. The number of nitrogens with zero attached hydrogens (tertiary/aromatic N) is 2. The second-order valence-corrected chi connectivity index (χ2v) is 15.3. The van der Waals surface area contributed by atoms with E-state index in [0.29, 0.717) is 30.2 Å². The summed E-state index contributed by atoms with van der Waals surface area (Å²) in [6.07, 6.45) is 4.06. The lowest BCUT2D eigenvalue weighted by Gasteiger charge is -2.15. The van der Waals surface area contributed by atoms with Crippen LogP contribution in [0.3, 0.4) is 0 Å². The highest BCUT2D eigenvalue weighted by molar-refractivity contribution is 6.76. The van der Waals surface area contributed by atoms with Gasteiger partial charge in [0.25, 0.3) is 0 Å². The van der Waals surface area contributed by atoms with Gasteiger partial charge >= 0.3 is 0 Å². The zero-order valence-corrected chi connectivity index (χ0v) is 21.0. The second kappa shape index (κ2) is 10.2. The third kappa shape index (κ3) is 5.90. The number of carbonyl (C=O) groups excluding carboxylic acids is 1. The van der Waals surface area contributed by atoms with Gasteiger partial charge in [0.15, 0.2) is 5.78 Å². The number of ketones is 1. The van der Waals surface area contributed by atoms with Crippen LogP contribution in [-0.4, -0.2) is 30.2 Å². The molecule has 0 saturated heterocycles. The lowest BCUT2D eigenvalue weighted by molar-refractivity contribution is 0.0816. The molecule has 2 N–H and O–H groups in total. The molecule has 5 nitrogen and oxygen atoms in total. The predicted molar refractivity (Wildman–Crippen MR) is 143 cm³/mol. The number of hydrogen-bond donors (Lipinski definition) is 1. The number of hydrogen-bond acceptors (Lipinski definition) is 4. The molecule has 0 aliphatic heterocycles. The van der Waals surface area contributed by atoms with Crippen molar-refractivity contribution in [3.05, 3.63) is 95.2 Å². The molecular weight excluding hydrogens is 438 g/mol. The number of aromatic nitrogens is 2. The summed E-state index contributed by atoms with van der Waals surface area (Å²) < 4.78 is 7.84. The summed E-state index contributed by atoms with van der Waals surface area (Å²) in [5, 5.41) is 5.79. The molecular formula is C28H31N3O2Si. The Morgan fingerprint density at radius 1 is 0.971 bits per heavy atom. The minimum atomic E-state index is -1.18. The Labute approximate surface area is 201 Å². The highest BCUT2D eigenvalue weighted by Crippen LogP contribution is 2.24. The van der Waals surface area contributed by atoms with Crippen molar-refractivity contribution in [2.45, 2.75) is 32.4 Å². The molecule has 4 rings (SSSR count). The SMILES string of the molecule is C[Si](C)(C)CCOCn1nc(C=Cc2ccccc2)c2ccc(C(=O)c3cccc(N)c3)cc21. The van der Waals surface area contributed by atoms with Gasteiger partial charge in [0.2, 0.25) is 0 Å². The van der Waals surface area contributed by atoms with Crippen molar-refractivity contribution in [3.63, 3.8) is 0 Å². The van der Waals surface area contributed by atoms with E-state index in [9.17, 15) is 4.79 Å². The molecule has 0 radical (unpaired) electrons. The van der Waals surface area contributed by atoms with Crippen LogP contribution in [0, 0.1) is 0 Å². The fourth-order valence-electron chi connectivity index (χ4n) is 3.68. The smallest absolute Gasteiger partial charge is 0.193 e. The van der Waals surface area contributed by atoms with Crippen molar-refractivity contribution in [2.24, 2.45) is 0 Å². The van der Waals surface area contributed by atoms with Crippen LogP contribution in [0.2, 0.25) is 25.7 Å². The lowest BCUT2D eigenvalue weighted by atomic mass is 10.0. The van der Waals surface area contributed by atoms with Crippen molar-refractivity contribution >= 4 is 42.6 Å². The van der Waals surface area contributed by atoms with Crippen molar-refractivity contribution in [1.82, 2.24) is 9.78 Å². The number of ether oxygens (including phenoxy) is 1. The third-order valence-corrected chi connectivity index (χ3v) is 7.34. The average molecular weight is 470 g/mol. The largest absolute Gasteiger partial charge is 0.399 e. The Bertz CT molecular complexity index is 1320. The van der Waals surface area contributed by atoms with Crippen molar-refractivity contribution in [1.29, 1.82) is 0 Å². The number of rotatable bonds is 9. The zero-order chi connectivity index (χ0) is 24.1. The van der Waals surface area contributed by atoms with E-state index in [1.807, 2.05) is 53.2 Å². The Hall–Kier alpha value is -3.48. The average Bonchev–Trinajstić information content (AvgIpc) is 3.17. The highest BCUT2D eigenvalue weighted by Gasteiger charge is 2.16. The number of nitrogens with two attached hydrogens (primary N) is 1. The van der Waals surface area contributed by atoms with Gasteiger partial charge < -0.3 is 10.5 Å². The second-order valence-electron chi connectivity index (χ2n) is 9.66. The minimum absolute atomic E-state index is 0.0667. The molecule has 0 fully saturated rings. The minimum Gasteiger partial charge on any atom is -0.399 e. The van der Waals surface area contributed by atoms with Crippen LogP contribution in [0.25, 0.3) is 23.1 Å². The summed E-state index contributed by atoms with van der Waals surface area (Å²) in [6.45, 7) is 8.05. The maximum Gasteiger partial charge on any atom is 0.193 e. The number of benzene rings is 3. The van der Waals surface area contributed by atoms with E-state index in [0.717, 1.165) is 28.2 Å². The van der Waals surface area contributed by atoms with Gasteiger partial charge in [-0.15, -0.1) is 0 Å². The van der Waals surface area contributed by atoms with E-state index >= 15 is 0 Å². The number of anilines is 1. The molecule has 0 aliphatic rings. The summed E-state index contributed by atoms with van der Waals surface area (Å²) in [5.74, 6) is -0.0667. The summed E-state index contributed by atoms with van der Waals surface area (Å²) in [4.78, 5) is 13.1. The van der Waals surface area contributed by atoms with Crippen molar-refractivity contribution in [2.75, 3.05) is 12.3 Å². The van der Waals surface area contributed by atoms with Crippen LogP contribution in [0.15, 0.2) is 72.8 Å². The van der Waals surface area contributed by atoms with Gasteiger partial charge in [-0.2, -0.15) is 5.10 Å². The van der Waals surface area contributed by atoms with E-state index in [1.54, 1.807) is 24.3 Å². The van der Waals surface area contributed by atoms with Crippen LogP contribution in [0.5, 0.6) is 0 Å².